The van der Waals surface area contributed by atoms with Crippen LogP contribution in [-0.4, -0.2) is 32.5 Å². The predicted molar refractivity (Wildman–Crippen MR) is 137 cm³/mol. The molecule has 0 unspecified atom stereocenters. The first-order valence-electron chi connectivity index (χ1n) is 11.4. The molecule has 0 bridgehead atoms. The van der Waals surface area contributed by atoms with E-state index in [0.29, 0.717) is 23.4 Å². The third kappa shape index (κ3) is 4.53. The molecule has 3 aromatic rings. The second kappa shape index (κ2) is 9.83. The van der Waals surface area contributed by atoms with Crippen LogP contribution in [0, 0.1) is 6.92 Å². The maximum absolute atomic E-state index is 13.6. The van der Waals surface area contributed by atoms with Gasteiger partial charge in [0.1, 0.15) is 11.4 Å². The molecule has 6 heteroatoms. The van der Waals surface area contributed by atoms with Crippen LogP contribution in [0.4, 0.5) is 17.1 Å². The van der Waals surface area contributed by atoms with E-state index in [-0.39, 0.29) is 17.5 Å². The molecule has 0 atom stereocenters. The first-order valence-corrected chi connectivity index (χ1v) is 11.4. The van der Waals surface area contributed by atoms with E-state index in [4.69, 9.17) is 4.74 Å². The van der Waals surface area contributed by atoms with Gasteiger partial charge in [-0.1, -0.05) is 37.3 Å². The van der Waals surface area contributed by atoms with Crippen molar-refractivity contribution in [2.75, 3.05) is 35.8 Å². The molecule has 1 aliphatic heterocycles. The highest BCUT2D eigenvalue weighted by Crippen LogP contribution is 2.35. The Hall–Kier alpha value is -4.06. The van der Waals surface area contributed by atoms with Crippen LogP contribution in [0.1, 0.15) is 24.5 Å². The first kappa shape index (κ1) is 23.1. The lowest BCUT2D eigenvalue weighted by Gasteiger charge is -2.18. The number of benzene rings is 3. The highest BCUT2D eigenvalue weighted by molar-refractivity contribution is 6.46. The summed E-state index contributed by atoms with van der Waals surface area (Å²) in [7, 11) is 3.94. The van der Waals surface area contributed by atoms with E-state index in [1.807, 2.05) is 99.6 Å². The van der Waals surface area contributed by atoms with Crippen molar-refractivity contribution in [3.05, 3.63) is 89.6 Å². The Morgan fingerprint density at radius 3 is 2.18 bits per heavy atom. The largest absolute Gasteiger partial charge is 0.494 e. The Labute approximate surface area is 200 Å². The van der Waals surface area contributed by atoms with Gasteiger partial charge in [0.25, 0.3) is 11.8 Å². The lowest BCUT2D eigenvalue weighted by Crippen LogP contribution is -2.33. The van der Waals surface area contributed by atoms with Crippen LogP contribution in [-0.2, 0) is 9.59 Å². The van der Waals surface area contributed by atoms with E-state index in [0.717, 1.165) is 29.1 Å². The van der Waals surface area contributed by atoms with Gasteiger partial charge in [-0.15, -0.1) is 0 Å². The molecule has 1 aliphatic rings. The maximum Gasteiger partial charge on any atom is 0.282 e. The number of nitrogens with one attached hydrogen (secondary N) is 1. The van der Waals surface area contributed by atoms with Gasteiger partial charge in [0, 0.05) is 25.5 Å². The fourth-order valence-corrected chi connectivity index (χ4v) is 3.87. The van der Waals surface area contributed by atoms with Crippen molar-refractivity contribution in [3.63, 3.8) is 0 Å². The van der Waals surface area contributed by atoms with Crippen molar-refractivity contribution in [2.24, 2.45) is 0 Å². The number of hydrogen-bond donors (Lipinski definition) is 1. The van der Waals surface area contributed by atoms with Gasteiger partial charge in [0.2, 0.25) is 0 Å². The third-order valence-electron chi connectivity index (χ3n) is 5.71. The van der Waals surface area contributed by atoms with Crippen molar-refractivity contribution >= 4 is 34.4 Å². The molecule has 0 fully saturated rings. The zero-order valence-corrected chi connectivity index (χ0v) is 20.0. The number of rotatable bonds is 8. The van der Waals surface area contributed by atoms with Gasteiger partial charge in [-0.3, -0.25) is 9.59 Å². The van der Waals surface area contributed by atoms with E-state index in [9.17, 15) is 9.59 Å². The van der Waals surface area contributed by atoms with Crippen LogP contribution in [0.15, 0.2) is 78.5 Å². The molecule has 0 saturated heterocycles. The van der Waals surface area contributed by atoms with Gasteiger partial charge in [-0.25, -0.2) is 4.90 Å². The third-order valence-corrected chi connectivity index (χ3v) is 5.71. The van der Waals surface area contributed by atoms with Gasteiger partial charge in [-0.2, -0.15) is 0 Å². The fourth-order valence-electron chi connectivity index (χ4n) is 3.87. The van der Waals surface area contributed by atoms with Crippen LogP contribution in [0.3, 0.4) is 0 Å². The Balaban J connectivity index is 1.75. The van der Waals surface area contributed by atoms with Crippen molar-refractivity contribution in [1.29, 1.82) is 0 Å². The molecule has 0 radical (unpaired) electrons. The molecule has 0 saturated carbocycles. The molecule has 0 aromatic heterocycles. The normalized spacial score (nSPS) is 13.5. The number of anilines is 3. The van der Waals surface area contributed by atoms with Crippen molar-refractivity contribution in [3.8, 4) is 5.75 Å². The minimum absolute atomic E-state index is 0.257. The molecule has 2 amide bonds. The monoisotopic (exact) mass is 455 g/mol. The molecular formula is C28H29N3O3. The predicted octanol–water partition coefficient (Wildman–Crippen LogP) is 5.25. The number of aryl methyl sites for hydroxylation is 1. The Bertz CT molecular complexity index is 1230. The maximum atomic E-state index is 13.6. The molecule has 1 heterocycles. The summed E-state index contributed by atoms with van der Waals surface area (Å²) in [5.41, 5.74) is 4.46. The average molecular weight is 456 g/mol. The van der Waals surface area contributed by atoms with Crippen molar-refractivity contribution in [2.45, 2.75) is 20.3 Å². The van der Waals surface area contributed by atoms with Crippen molar-refractivity contribution < 1.29 is 14.3 Å². The molecule has 34 heavy (non-hydrogen) atoms. The number of imide groups is 1. The number of carbonyl (C=O) groups is 2. The van der Waals surface area contributed by atoms with Crippen LogP contribution in [0.25, 0.3) is 5.57 Å². The van der Waals surface area contributed by atoms with Gasteiger partial charge >= 0.3 is 0 Å². The smallest absolute Gasteiger partial charge is 0.282 e. The number of hydrogen-bond acceptors (Lipinski definition) is 5. The zero-order valence-electron chi connectivity index (χ0n) is 20.0. The summed E-state index contributed by atoms with van der Waals surface area (Å²) in [4.78, 5) is 30.5. The van der Waals surface area contributed by atoms with Crippen LogP contribution >= 0.6 is 0 Å². The lowest BCUT2D eigenvalue weighted by atomic mass is 10.0. The second-order valence-electron chi connectivity index (χ2n) is 8.42. The highest BCUT2D eigenvalue weighted by atomic mass is 16.5. The van der Waals surface area contributed by atoms with E-state index in [1.165, 1.54) is 4.90 Å². The summed E-state index contributed by atoms with van der Waals surface area (Å²) >= 11 is 0. The lowest BCUT2D eigenvalue weighted by molar-refractivity contribution is -0.120. The standard InChI is InChI=1S/C28H29N3O3/c1-5-18-34-23-16-10-20(11-17-23)25-26(29-21-12-14-22(15-13-21)30(3)4)28(33)31(27(25)32)24-9-7-6-8-19(24)2/h6-17,29H,5,18H2,1-4H3. The van der Waals surface area contributed by atoms with E-state index in [2.05, 4.69) is 5.32 Å². The minimum Gasteiger partial charge on any atom is -0.494 e. The fraction of sp³-hybridized carbons (Fsp3) is 0.214. The summed E-state index contributed by atoms with van der Waals surface area (Å²) in [6.45, 7) is 4.56. The SMILES string of the molecule is CCCOc1ccc(C2=C(Nc3ccc(N(C)C)cc3)C(=O)N(c3ccccc3C)C2=O)cc1. The minimum atomic E-state index is -0.378. The zero-order chi connectivity index (χ0) is 24.2. The molecule has 6 nitrogen and oxygen atoms in total. The van der Waals surface area contributed by atoms with Gasteiger partial charge in [0.15, 0.2) is 0 Å². The quantitative estimate of drug-likeness (QED) is 0.470. The van der Waals surface area contributed by atoms with E-state index >= 15 is 0 Å². The number of ether oxygens (including phenoxy) is 1. The number of para-hydroxylation sites is 1. The molecule has 3 aromatic carbocycles. The average Bonchev–Trinajstić information content (AvgIpc) is 3.08. The summed E-state index contributed by atoms with van der Waals surface area (Å²) < 4.78 is 5.68. The number of amides is 2. The Morgan fingerprint density at radius 1 is 0.882 bits per heavy atom. The van der Waals surface area contributed by atoms with Gasteiger partial charge in [0.05, 0.1) is 17.9 Å². The highest BCUT2D eigenvalue weighted by Gasteiger charge is 2.40. The van der Waals surface area contributed by atoms with E-state index < -0.39 is 0 Å². The van der Waals surface area contributed by atoms with Crippen LogP contribution in [0.5, 0.6) is 5.75 Å². The first-order chi connectivity index (χ1) is 16.4. The molecule has 174 valence electrons. The summed E-state index contributed by atoms with van der Waals surface area (Å²) in [6, 6.07) is 22.4. The summed E-state index contributed by atoms with van der Waals surface area (Å²) in [5, 5.41) is 3.22. The van der Waals surface area contributed by atoms with Crippen molar-refractivity contribution in [1.82, 2.24) is 0 Å². The van der Waals surface area contributed by atoms with Crippen LogP contribution in [0.2, 0.25) is 0 Å². The molecular weight excluding hydrogens is 426 g/mol. The number of nitrogens with zero attached hydrogens (tertiary/aromatic N) is 2. The topological polar surface area (TPSA) is 61.9 Å². The summed E-state index contributed by atoms with van der Waals surface area (Å²) in [6.07, 6.45) is 0.909. The number of carbonyl (C=O) groups excluding carboxylic acids is 2. The molecule has 1 N–H and O–H groups in total. The Morgan fingerprint density at radius 2 is 1.56 bits per heavy atom. The molecule has 0 aliphatic carbocycles. The van der Waals surface area contributed by atoms with Gasteiger partial charge in [-0.05, 0) is 66.9 Å². The second-order valence-corrected chi connectivity index (χ2v) is 8.42. The Kier molecular flexibility index (Phi) is 6.68. The van der Waals surface area contributed by atoms with Crippen LogP contribution < -0.4 is 19.9 Å². The summed E-state index contributed by atoms with van der Waals surface area (Å²) in [5.74, 6) is -0.00116. The molecule has 0 spiro atoms. The molecule has 4 rings (SSSR count). The van der Waals surface area contributed by atoms with Gasteiger partial charge < -0.3 is 15.0 Å². The van der Waals surface area contributed by atoms with E-state index in [1.54, 1.807) is 6.07 Å².